The van der Waals surface area contributed by atoms with Crippen molar-refractivity contribution >= 4 is 5.91 Å². The molecule has 0 N–H and O–H groups in total. The number of amides is 1. The van der Waals surface area contributed by atoms with Crippen LogP contribution in [0.15, 0.2) is 42.5 Å². The third kappa shape index (κ3) is 4.42. The van der Waals surface area contributed by atoms with Crippen LogP contribution in [0.3, 0.4) is 0 Å². The average molecular weight is 380 g/mol. The summed E-state index contributed by atoms with van der Waals surface area (Å²) in [5, 5.41) is 0. The summed E-state index contributed by atoms with van der Waals surface area (Å²) in [5.74, 6) is 0.802. The van der Waals surface area contributed by atoms with Crippen LogP contribution in [0.1, 0.15) is 28.9 Å². The maximum Gasteiger partial charge on any atom is 0.255 e. The van der Waals surface area contributed by atoms with Gasteiger partial charge in [0.05, 0.1) is 30.2 Å². The number of rotatable bonds is 4. The quantitative estimate of drug-likeness (QED) is 0.818. The van der Waals surface area contributed by atoms with E-state index in [1.54, 1.807) is 0 Å². The Morgan fingerprint density at radius 1 is 1.04 bits per heavy atom. The summed E-state index contributed by atoms with van der Waals surface area (Å²) >= 11 is 0. The number of piperidine rings is 1. The number of hydrogen-bond donors (Lipinski definition) is 0. The lowest BCUT2D eigenvalue weighted by molar-refractivity contribution is 0.0242. The molecule has 0 radical (unpaired) electrons. The van der Waals surface area contributed by atoms with Gasteiger partial charge in [-0.05, 0) is 37.8 Å². The van der Waals surface area contributed by atoms with E-state index in [9.17, 15) is 4.79 Å². The molecule has 0 unspecified atom stereocenters. The minimum absolute atomic E-state index is 0.120. The second-order valence-corrected chi connectivity index (χ2v) is 7.84. The van der Waals surface area contributed by atoms with Crippen molar-refractivity contribution in [3.05, 3.63) is 53.7 Å². The van der Waals surface area contributed by atoms with Gasteiger partial charge in [-0.25, -0.2) is 0 Å². The number of carbonyl (C=O) groups is 1. The lowest BCUT2D eigenvalue weighted by Crippen LogP contribution is -2.44. The molecule has 1 aromatic heterocycles. The molecule has 4 rings (SSSR count). The highest BCUT2D eigenvalue weighted by molar-refractivity contribution is 5.95. The molecule has 2 aliphatic rings. The smallest absolute Gasteiger partial charge is 0.255 e. The van der Waals surface area contributed by atoms with E-state index in [4.69, 9.17) is 4.74 Å². The number of benzene rings is 1. The highest BCUT2D eigenvalue weighted by atomic mass is 16.5. The Bertz CT molecular complexity index is 795. The zero-order valence-corrected chi connectivity index (χ0v) is 16.6. The molecule has 0 aliphatic carbocycles. The number of aromatic nitrogens is 1. The van der Waals surface area contributed by atoms with Crippen molar-refractivity contribution in [1.82, 2.24) is 14.8 Å². The number of aryl methyl sites for hydroxylation is 1. The van der Waals surface area contributed by atoms with Crippen molar-refractivity contribution in [2.24, 2.45) is 5.92 Å². The third-order valence-corrected chi connectivity index (χ3v) is 5.91. The summed E-state index contributed by atoms with van der Waals surface area (Å²) in [6.45, 7) is 8.53. The number of ether oxygens (including phenoxy) is 1. The maximum atomic E-state index is 13.0. The summed E-state index contributed by atoms with van der Waals surface area (Å²) in [6, 6.07) is 14.0. The van der Waals surface area contributed by atoms with E-state index < -0.39 is 0 Å². The molecule has 0 atom stereocenters. The monoisotopic (exact) mass is 379 g/mol. The first kappa shape index (κ1) is 19.1. The first-order chi connectivity index (χ1) is 13.7. The molecule has 1 aromatic carbocycles. The maximum absolute atomic E-state index is 13.0. The molecule has 5 nitrogen and oxygen atoms in total. The van der Waals surface area contributed by atoms with Gasteiger partial charge in [-0.1, -0.05) is 30.3 Å². The van der Waals surface area contributed by atoms with Gasteiger partial charge >= 0.3 is 0 Å². The van der Waals surface area contributed by atoms with E-state index >= 15 is 0 Å². The van der Waals surface area contributed by atoms with Crippen LogP contribution in [0.5, 0.6) is 0 Å². The largest absolute Gasteiger partial charge is 0.379 e. The summed E-state index contributed by atoms with van der Waals surface area (Å²) < 4.78 is 5.43. The van der Waals surface area contributed by atoms with Crippen molar-refractivity contribution in [1.29, 1.82) is 0 Å². The van der Waals surface area contributed by atoms with Crippen molar-refractivity contribution in [3.63, 3.8) is 0 Å². The van der Waals surface area contributed by atoms with E-state index in [0.29, 0.717) is 5.92 Å². The van der Waals surface area contributed by atoms with Crippen molar-refractivity contribution in [2.45, 2.75) is 19.8 Å². The van der Waals surface area contributed by atoms with E-state index in [1.807, 2.05) is 54.3 Å². The molecule has 0 saturated carbocycles. The zero-order chi connectivity index (χ0) is 19.3. The lowest BCUT2D eigenvalue weighted by Gasteiger charge is -2.36. The summed E-state index contributed by atoms with van der Waals surface area (Å²) in [6.07, 6.45) is 2.16. The molecule has 148 valence electrons. The van der Waals surface area contributed by atoms with Crippen LogP contribution in [-0.2, 0) is 4.74 Å². The predicted octanol–water partition coefficient (Wildman–Crippen LogP) is 3.24. The highest BCUT2D eigenvalue weighted by Gasteiger charge is 2.26. The van der Waals surface area contributed by atoms with Gasteiger partial charge in [0.2, 0.25) is 0 Å². The Morgan fingerprint density at radius 2 is 1.75 bits per heavy atom. The lowest BCUT2D eigenvalue weighted by atomic mass is 9.95. The summed E-state index contributed by atoms with van der Waals surface area (Å²) in [5.41, 5.74) is 3.53. The van der Waals surface area contributed by atoms with Gasteiger partial charge in [-0.15, -0.1) is 0 Å². The predicted molar refractivity (Wildman–Crippen MR) is 110 cm³/mol. The van der Waals surface area contributed by atoms with E-state index in [2.05, 4.69) is 9.88 Å². The Hall–Kier alpha value is -2.24. The van der Waals surface area contributed by atoms with Crippen LogP contribution in [0.2, 0.25) is 0 Å². The Labute approximate surface area is 167 Å². The number of morpholine rings is 1. The van der Waals surface area contributed by atoms with Crippen LogP contribution < -0.4 is 0 Å². The molecule has 1 amide bonds. The molecule has 3 heterocycles. The minimum Gasteiger partial charge on any atom is -0.379 e. The Morgan fingerprint density at radius 3 is 2.43 bits per heavy atom. The summed E-state index contributed by atoms with van der Waals surface area (Å²) in [7, 11) is 0. The number of carbonyl (C=O) groups excluding carboxylic acids is 1. The molecule has 28 heavy (non-hydrogen) atoms. The van der Waals surface area contributed by atoms with Gasteiger partial charge in [-0.3, -0.25) is 14.7 Å². The fourth-order valence-corrected chi connectivity index (χ4v) is 4.19. The summed E-state index contributed by atoms with van der Waals surface area (Å²) in [4.78, 5) is 22.2. The zero-order valence-electron chi connectivity index (χ0n) is 16.6. The van der Waals surface area contributed by atoms with Crippen LogP contribution in [0.25, 0.3) is 11.3 Å². The molecule has 2 saturated heterocycles. The van der Waals surface area contributed by atoms with E-state index in [-0.39, 0.29) is 5.91 Å². The second-order valence-electron chi connectivity index (χ2n) is 7.84. The van der Waals surface area contributed by atoms with E-state index in [1.165, 1.54) is 0 Å². The first-order valence-corrected chi connectivity index (χ1v) is 10.3. The number of hydrogen-bond acceptors (Lipinski definition) is 4. The molecular weight excluding hydrogens is 350 g/mol. The van der Waals surface area contributed by atoms with Crippen LogP contribution in [0, 0.1) is 12.8 Å². The van der Waals surface area contributed by atoms with Gasteiger partial charge in [0.25, 0.3) is 5.91 Å². The minimum atomic E-state index is 0.120. The number of likely N-dealkylation sites (tertiary alicyclic amines) is 1. The molecular formula is C23H29N3O2. The molecule has 2 aliphatic heterocycles. The number of nitrogens with zero attached hydrogens (tertiary/aromatic N) is 3. The highest BCUT2D eigenvalue weighted by Crippen LogP contribution is 2.23. The van der Waals surface area contributed by atoms with Gasteiger partial charge < -0.3 is 9.64 Å². The second kappa shape index (κ2) is 8.84. The van der Waals surface area contributed by atoms with Gasteiger partial charge in [0.15, 0.2) is 0 Å². The van der Waals surface area contributed by atoms with Crippen molar-refractivity contribution < 1.29 is 9.53 Å². The standard InChI is InChI=1S/C23H29N3O2/c1-18-21(7-8-22(24-18)20-5-3-2-4-6-20)23(27)26-11-9-19(10-12-26)17-25-13-15-28-16-14-25/h2-8,19H,9-17H2,1H3. The van der Waals surface area contributed by atoms with Gasteiger partial charge in [0, 0.05) is 38.3 Å². The Balaban J connectivity index is 1.36. The van der Waals surface area contributed by atoms with E-state index in [0.717, 1.165) is 81.3 Å². The molecule has 2 fully saturated rings. The fourth-order valence-electron chi connectivity index (χ4n) is 4.19. The fraction of sp³-hybridized carbons (Fsp3) is 0.478. The first-order valence-electron chi connectivity index (χ1n) is 10.3. The normalized spacial score (nSPS) is 19.0. The van der Waals surface area contributed by atoms with Gasteiger partial charge in [0.1, 0.15) is 0 Å². The SMILES string of the molecule is Cc1nc(-c2ccccc2)ccc1C(=O)N1CCC(CN2CCOCC2)CC1. The van der Waals surface area contributed by atoms with Crippen molar-refractivity contribution in [2.75, 3.05) is 45.9 Å². The topological polar surface area (TPSA) is 45.7 Å². The average Bonchev–Trinajstić information content (AvgIpc) is 2.75. The number of pyridine rings is 1. The molecule has 5 heteroatoms. The van der Waals surface area contributed by atoms with Crippen LogP contribution in [0.4, 0.5) is 0 Å². The molecule has 2 aromatic rings. The van der Waals surface area contributed by atoms with Gasteiger partial charge in [-0.2, -0.15) is 0 Å². The molecule has 0 bridgehead atoms. The van der Waals surface area contributed by atoms with Crippen LogP contribution >= 0.6 is 0 Å². The Kier molecular flexibility index (Phi) is 6.03. The van der Waals surface area contributed by atoms with Crippen molar-refractivity contribution in [3.8, 4) is 11.3 Å². The third-order valence-electron chi connectivity index (χ3n) is 5.91. The molecule has 0 spiro atoms. The van der Waals surface area contributed by atoms with Crippen LogP contribution in [-0.4, -0.2) is 66.6 Å².